The lowest BCUT2D eigenvalue weighted by molar-refractivity contribution is -0.153. The van der Waals surface area contributed by atoms with Crippen molar-refractivity contribution in [3.05, 3.63) is 48.4 Å². The summed E-state index contributed by atoms with van der Waals surface area (Å²) in [6.45, 7) is -1.36. The average molecular weight is 285 g/mol. The average Bonchev–Trinajstić information content (AvgIpc) is 2.91. The molecule has 0 aliphatic rings. The van der Waals surface area contributed by atoms with Crippen LogP contribution in [0.1, 0.15) is 10.6 Å². The quantitative estimate of drug-likeness (QED) is 0.935. The normalized spacial score (nSPS) is 11.2. The summed E-state index contributed by atoms with van der Waals surface area (Å²) in [5.74, 6) is -0.236. The molecule has 1 N–H and O–H groups in total. The highest BCUT2D eigenvalue weighted by Gasteiger charge is 2.28. The fourth-order valence-corrected chi connectivity index (χ4v) is 1.40. The van der Waals surface area contributed by atoms with Crippen molar-refractivity contribution in [2.75, 3.05) is 11.9 Å². The van der Waals surface area contributed by atoms with Crippen LogP contribution in [0.15, 0.2) is 47.1 Å². The Balaban J connectivity index is 1.93. The van der Waals surface area contributed by atoms with E-state index in [1.165, 1.54) is 36.6 Å². The molecule has 0 unspecified atom stereocenters. The highest BCUT2D eigenvalue weighted by molar-refractivity contribution is 6.02. The maximum absolute atomic E-state index is 12.0. The van der Waals surface area contributed by atoms with Gasteiger partial charge in [-0.2, -0.15) is 13.2 Å². The Morgan fingerprint density at radius 3 is 2.45 bits per heavy atom. The summed E-state index contributed by atoms with van der Waals surface area (Å²) in [6.07, 6.45) is -3.02. The first-order valence-electron chi connectivity index (χ1n) is 5.58. The number of hydrogen-bond acceptors (Lipinski definition) is 3. The Morgan fingerprint density at radius 1 is 1.20 bits per heavy atom. The number of rotatable bonds is 4. The number of hydrogen-bond donors (Lipinski definition) is 1. The van der Waals surface area contributed by atoms with E-state index < -0.39 is 18.7 Å². The number of carbonyl (C=O) groups is 1. The maximum Gasteiger partial charge on any atom is 0.422 e. The third-order valence-electron chi connectivity index (χ3n) is 2.26. The van der Waals surface area contributed by atoms with Gasteiger partial charge < -0.3 is 14.5 Å². The largest absolute Gasteiger partial charge is 0.484 e. The number of nitrogens with one attached hydrogen (secondary N) is 1. The van der Waals surface area contributed by atoms with Gasteiger partial charge >= 0.3 is 6.18 Å². The molecule has 0 saturated carbocycles. The summed E-state index contributed by atoms with van der Waals surface area (Å²) in [6, 6.07) is 8.62. The second-order valence-corrected chi connectivity index (χ2v) is 3.86. The van der Waals surface area contributed by atoms with Crippen molar-refractivity contribution in [1.82, 2.24) is 0 Å². The molecule has 0 fully saturated rings. The Labute approximate surface area is 112 Å². The standard InChI is InChI=1S/C13H10F3NO3/c14-13(15,16)8-20-10-5-3-9(4-6-10)17-12(18)11-2-1-7-19-11/h1-7H,8H2,(H,17,18). The first-order valence-corrected chi connectivity index (χ1v) is 5.58. The van der Waals surface area contributed by atoms with Crippen LogP contribution in [-0.2, 0) is 0 Å². The number of carbonyl (C=O) groups excluding carboxylic acids is 1. The number of halogens is 3. The predicted octanol–water partition coefficient (Wildman–Crippen LogP) is 3.47. The number of ether oxygens (including phenoxy) is 1. The minimum atomic E-state index is -4.38. The Kier molecular flexibility index (Phi) is 3.97. The summed E-state index contributed by atoms with van der Waals surface area (Å²) in [5, 5.41) is 2.53. The van der Waals surface area contributed by atoms with Crippen LogP contribution in [0.5, 0.6) is 5.75 Å². The van der Waals surface area contributed by atoms with E-state index in [0.29, 0.717) is 5.69 Å². The van der Waals surface area contributed by atoms with Gasteiger partial charge in [-0.25, -0.2) is 0 Å². The molecular formula is C13H10F3NO3. The van der Waals surface area contributed by atoms with Gasteiger partial charge in [0.1, 0.15) is 5.75 Å². The number of alkyl halides is 3. The van der Waals surface area contributed by atoms with E-state index >= 15 is 0 Å². The Hall–Kier alpha value is -2.44. The van der Waals surface area contributed by atoms with Gasteiger partial charge in [0.05, 0.1) is 6.26 Å². The van der Waals surface area contributed by atoms with Crippen LogP contribution in [0, 0.1) is 0 Å². The first-order chi connectivity index (χ1) is 9.44. The van der Waals surface area contributed by atoms with Gasteiger partial charge in [0, 0.05) is 5.69 Å². The molecule has 106 valence electrons. The first kappa shape index (κ1) is 14.0. The van der Waals surface area contributed by atoms with Gasteiger partial charge in [0.2, 0.25) is 0 Å². The third-order valence-corrected chi connectivity index (χ3v) is 2.26. The fraction of sp³-hybridized carbons (Fsp3) is 0.154. The van der Waals surface area contributed by atoms with Crippen molar-refractivity contribution in [3.63, 3.8) is 0 Å². The van der Waals surface area contributed by atoms with Crippen molar-refractivity contribution in [2.24, 2.45) is 0 Å². The lowest BCUT2D eigenvalue weighted by Crippen LogP contribution is -2.19. The van der Waals surface area contributed by atoms with Crippen LogP contribution in [0.4, 0.5) is 18.9 Å². The van der Waals surface area contributed by atoms with Gasteiger partial charge in [-0.15, -0.1) is 0 Å². The van der Waals surface area contributed by atoms with Crippen molar-refractivity contribution in [2.45, 2.75) is 6.18 Å². The number of anilines is 1. The molecule has 0 radical (unpaired) electrons. The lowest BCUT2D eigenvalue weighted by Gasteiger charge is -2.09. The molecule has 20 heavy (non-hydrogen) atoms. The van der Waals surface area contributed by atoms with E-state index in [0.717, 1.165) is 0 Å². The van der Waals surface area contributed by atoms with Crippen LogP contribution >= 0.6 is 0 Å². The summed E-state index contributed by atoms with van der Waals surface area (Å²) >= 11 is 0. The second kappa shape index (κ2) is 5.68. The molecule has 0 aliphatic heterocycles. The molecule has 2 rings (SSSR count). The maximum atomic E-state index is 12.0. The molecule has 0 bridgehead atoms. The highest BCUT2D eigenvalue weighted by atomic mass is 19.4. The molecule has 1 aromatic carbocycles. The molecule has 0 aliphatic carbocycles. The highest BCUT2D eigenvalue weighted by Crippen LogP contribution is 2.20. The van der Waals surface area contributed by atoms with Crippen LogP contribution in [0.25, 0.3) is 0 Å². The SMILES string of the molecule is O=C(Nc1ccc(OCC(F)(F)F)cc1)c1ccco1. The predicted molar refractivity (Wildman–Crippen MR) is 64.7 cm³/mol. The van der Waals surface area contributed by atoms with Crippen molar-refractivity contribution < 1.29 is 27.1 Å². The van der Waals surface area contributed by atoms with E-state index in [2.05, 4.69) is 10.1 Å². The van der Waals surface area contributed by atoms with Crippen molar-refractivity contribution in [3.8, 4) is 5.75 Å². The van der Waals surface area contributed by atoms with E-state index in [1.807, 2.05) is 0 Å². The number of furan rings is 1. The molecule has 0 saturated heterocycles. The van der Waals surface area contributed by atoms with E-state index in [1.54, 1.807) is 6.07 Å². The summed E-state index contributed by atoms with van der Waals surface area (Å²) in [5.41, 5.74) is 0.422. The molecule has 0 spiro atoms. The van der Waals surface area contributed by atoms with E-state index in [4.69, 9.17) is 4.42 Å². The second-order valence-electron chi connectivity index (χ2n) is 3.86. The monoisotopic (exact) mass is 285 g/mol. The van der Waals surface area contributed by atoms with Crippen LogP contribution in [0.2, 0.25) is 0 Å². The molecule has 1 amide bonds. The van der Waals surface area contributed by atoms with E-state index in [-0.39, 0.29) is 11.5 Å². The molecule has 2 aromatic rings. The van der Waals surface area contributed by atoms with Crippen LogP contribution in [0.3, 0.4) is 0 Å². The van der Waals surface area contributed by atoms with Gasteiger partial charge in [-0.3, -0.25) is 4.79 Å². The van der Waals surface area contributed by atoms with Crippen LogP contribution in [-0.4, -0.2) is 18.7 Å². The molecule has 1 heterocycles. The van der Waals surface area contributed by atoms with Gasteiger partial charge in [-0.05, 0) is 36.4 Å². The summed E-state index contributed by atoms with van der Waals surface area (Å²) < 4.78 is 45.3. The summed E-state index contributed by atoms with van der Waals surface area (Å²) in [7, 11) is 0. The zero-order valence-corrected chi connectivity index (χ0v) is 10.1. The van der Waals surface area contributed by atoms with Crippen molar-refractivity contribution in [1.29, 1.82) is 0 Å². The molecule has 1 aromatic heterocycles. The fourth-order valence-electron chi connectivity index (χ4n) is 1.40. The number of benzene rings is 1. The van der Waals surface area contributed by atoms with E-state index in [9.17, 15) is 18.0 Å². The number of amides is 1. The van der Waals surface area contributed by atoms with Gasteiger partial charge in [-0.1, -0.05) is 0 Å². The minimum Gasteiger partial charge on any atom is -0.484 e. The molecular weight excluding hydrogens is 275 g/mol. The molecule has 4 nitrogen and oxygen atoms in total. The lowest BCUT2D eigenvalue weighted by atomic mass is 10.3. The summed E-state index contributed by atoms with van der Waals surface area (Å²) in [4.78, 5) is 11.6. The molecule has 0 atom stereocenters. The zero-order chi connectivity index (χ0) is 14.6. The zero-order valence-electron chi connectivity index (χ0n) is 10.1. The van der Waals surface area contributed by atoms with Gasteiger partial charge in [0.15, 0.2) is 12.4 Å². The topological polar surface area (TPSA) is 51.5 Å². The molecule has 7 heteroatoms. The smallest absolute Gasteiger partial charge is 0.422 e. The van der Waals surface area contributed by atoms with Crippen LogP contribution < -0.4 is 10.1 Å². The minimum absolute atomic E-state index is 0.0679. The van der Waals surface area contributed by atoms with Gasteiger partial charge in [0.25, 0.3) is 5.91 Å². The Morgan fingerprint density at radius 2 is 1.90 bits per heavy atom. The van der Waals surface area contributed by atoms with Crippen molar-refractivity contribution >= 4 is 11.6 Å². The Bertz CT molecular complexity index is 562. The third kappa shape index (κ3) is 4.04.